The molecule has 0 saturated heterocycles. The van der Waals surface area contributed by atoms with E-state index in [1.165, 1.54) is 0 Å². The van der Waals surface area contributed by atoms with Gasteiger partial charge in [0.1, 0.15) is 6.61 Å². The molecule has 2 aromatic carbocycles. The zero-order valence-electron chi connectivity index (χ0n) is 15.9. The molecule has 4 nitrogen and oxygen atoms in total. The Hall–Kier alpha value is -1.56. The summed E-state index contributed by atoms with van der Waals surface area (Å²) in [5.74, 6) is 1.50. The van der Waals surface area contributed by atoms with E-state index in [0.29, 0.717) is 6.61 Å². The average Bonchev–Trinajstić information content (AvgIpc) is 2.68. The van der Waals surface area contributed by atoms with Crippen LogP contribution in [-0.2, 0) is 13.2 Å². The second-order valence-electron chi connectivity index (χ2n) is 6.07. The first-order chi connectivity index (χ1) is 12.7. The Morgan fingerprint density at radius 3 is 2.42 bits per heavy atom. The predicted octanol–water partition coefficient (Wildman–Crippen LogP) is 4.47. The van der Waals surface area contributed by atoms with Crippen molar-refractivity contribution in [1.29, 1.82) is 0 Å². The number of nitrogens with one attached hydrogen (secondary N) is 1. The van der Waals surface area contributed by atoms with Crippen molar-refractivity contribution in [1.82, 2.24) is 10.2 Å². The molecule has 2 aromatic rings. The lowest BCUT2D eigenvalue weighted by Crippen LogP contribution is -2.31. The van der Waals surface area contributed by atoms with Gasteiger partial charge in [-0.05, 0) is 36.3 Å². The van der Waals surface area contributed by atoms with Crippen LogP contribution in [-0.4, -0.2) is 38.2 Å². The minimum Gasteiger partial charge on any atom is -0.493 e. The van der Waals surface area contributed by atoms with Gasteiger partial charge in [-0.25, -0.2) is 0 Å². The van der Waals surface area contributed by atoms with Gasteiger partial charge in [0.25, 0.3) is 0 Å². The molecule has 0 fully saturated rings. The molecule has 26 heavy (non-hydrogen) atoms. The van der Waals surface area contributed by atoms with Crippen molar-refractivity contribution in [2.45, 2.75) is 27.0 Å². The summed E-state index contributed by atoms with van der Waals surface area (Å²) in [6.45, 7) is 9.88. The third-order valence-electron chi connectivity index (χ3n) is 4.38. The Morgan fingerprint density at radius 1 is 1.04 bits per heavy atom. The SMILES string of the molecule is CCN(CC)CCNCc1cc(OC)c(OCc2ccccc2)cc1Br. The topological polar surface area (TPSA) is 33.7 Å². The van der Waals surface area contributed by atoms with Gasteiger partial charge >= 0.3 is 0 Å². The lowest BCUT2D eigenvalue weighted by molar-refractivity contribution is 0.284. The Kier molecular flexibility index (Phi) is 8.95. The summed E-state index contributed by atoms with van der Waals surface area (Å²) in [5.41, 5.74) is 2.29. The molecule has 5 heteroatoms. The average molecular weight is 421 g/mol. The molecule has 0 aliphatic heterocycles. The maximum Gasteiger partial charge on any atom is 0.162 e. The predicted molar refractivity (Wildman–Crippen MR) is 111 cm³/mol. The third kappa shape index (κ3) is 6.31. The number of ether oxygens (including phenoxy) is 2. The highest BCUT2D eigenvalue weighted by Gasteiger charge is 2.11. The fourth-order valence-electron chi connectivity index (χ4n) is 2.72. The number of hydrogen-bond acceptors (Lipinski definition) is 4. The molecule has 2 rings (SSSR count). The first-order valence-corrected chi connectivity index (χ1v) is 9.93. The zero-order chi connectivity index (χ0) is 18.8. The van der Waals surface area contributed by atoms with E-state index in [-0.39, 0.29) is 0 Å². The first kappa shape index (κ1) is 20.7. The van der Waals surface area contributed by atoms with Crippen molar-refractivity contribution in [2.24, 2.45) is 0 Å². The fourth-order valence-corrected chi connectivity index (χ4v) is 3.18. The van der Waals surface area contributed by atoms with E-state index in [0.717, 1.165) is 59.8 Å². The lowest BCUT2D eigenvalue weighted by atomic mass is 10.2. The van der Waals surface area contributed by atoms with Gasteiger partial charge in [0.2, 0.25) is 0 Å². The summed E-state index contributed by atoms with van der Waals surface area (Å²) in [4.78, 5) is 2.41. The summed E-state index contributed by atoms with van der Waals surface area (Å²) in [6, 6.07) is 14.2. The van der Waals surface area contributed by atoms with Crippen LogP contribution in [0.5, 0.6) is 11.5 Å². The van der Waals surface area contributed by atoms with Crippen molar-refractivity contribution in [2.75, 3.05) is 33.3 Å². The molecule has 0 bridgehead atoms. The van der Waals surface area contributed by atoms with E-state index in [1.807, 2.05) is 30.3 Å². The minimum atomic E-state index is 0.519. The van der Waals surface area contributed by atoms with Crippen molar-refractivity contribution < 1.29 is 9.47 Å². The number of benzene rings is 2. The highest BCUT2D eigenvalue weighted by Crippen LogP contribution is 2.34. The van der Waals surface area contributed by atoms with Crippen LogP contribution in [0, 0.1) is 0 Å². The second-order valence-corrected chi connectivity index (χ2v) is 6.93. The number of likely N-dealkylation sites (N-methyl/N-ethyl adjacent to an activating group) is 1. The Balaban J connectivity index is 1.95. The minimum absolute atomic E-state index is 0.519. The maximum absolute atomic E-state index is 5.95. The van der Waals surface area contributed by atoms with Crippen LogP contribution < -0.4 is 14.8 Å². The molecule has 0 spiro atoms. The fraction of sp³-hybridized carbons (Fsp3) is 0.429. The van der Waals surface area contributed by atoms with E-state index < -0.39 is 0 Å². The van der Waals surface area contributed by atoms with Gasteiger partial charge < -0.3 is 19.7 Å². The molecule has 0 atom stereocenters. The number of hydrogen-bond donors (Lipinski definition) is 1. The van der Waals surface area contributed by atoms with Crippen molar-refractivity contribution >= 4 is 15.9 Å². The molecule has 0 aliphatic rings. The normalized spacial score (nSPS) is 11.0. The first-order valence-electron chi connectivity index (χ1n) is 9.14. The monoisotopic (exact) mass is 420 g/mol. The maximum atomic E-state index is 5.95. The van der Waals surface area contributed by atoms with Crippen molar-refractivity contribution in [3.63, 3.8) is 0 Å². The van der Waals surface area contributed by atoms with E-state index in [1.54, 1.807) is 7.11 Å². The van der Waals surface area contributed by atoms with Gasteiger partial charge in [0, 0.05) is 24.1 Å². The molecule has 0 radical (unpaired) electrons. The van der Waals surface area contributed by atoms with E-state index >= 15 is 0 Å². The summed E-state index contributed by atoms with van der Waals surface area (Å²) >= 11 is 3.66. The molecule has 0 aromatic heterocycles. The summed E-state index contributed by atoms with van der Waals surface area (Å²) in [7, 11) is 1.68. The summed E-state index contributed by atoms with van der Waals surface area (Å²) in [6.07, 6.45) is 0. The highest BCUT2D eigenvalue weighted by atomic mass is 79.9. The van der Waals surface area contributed by atoms with Gasteiger partial charge in [-0.2, -0.15) is 0 Å². The van der Waals surface area contributed by atoms with Gasteiger partial charge in [-0.3, -0.25) is 0 Å². The van der Waals surface area contributed by atoms with Crippen LogP contribution in [0.1, 0.15) is 25.0 Å². The van der Waals surface area contributed by atoms with Gasteiger partial charge in [0.15, 0.2) is 11.5 Å². The van der Waals surface area contributed by atoms with Crippen LogP contribution in [0.15, 0.2) is 46.9 Å². The van der Waals surface area contributed by atoms with Crippen LogP contribution >= 0.6 is 15.9 Å². The molecule has 0 aliphatic carbocycles. The van der Waals surface area contributed by atoms with Gasteiger partial charge in [-0.1, -0.05) is 60.1 Å². The Morgan fingerprint density at radius 2 is 1.77 bits per heavy atom. The standard InChI is InChI=1S/C21H29BrN2O2/c1-4-24(5-2)12-11-23-15-18-13-20(25-3)21(14-19(18)22)26-16-17-9-7-6-8-10-17/h6-10,13-14,23H,4-5,11-12,15-16H2,1-3H3. The largest absolute Gasteiger partial charge is 0.493 e. The third-order valence-corrected chi connectivity index (χ3v) is 5.12. The van der Waals surface area contributed by atoms with Crippen LogP contribution in [0.4, 0.5) is 0 Å². The smallest absolute Gasteiger partial charge is 0.162 e. The van der Waals surface area contributed by atoms with E-state index in [9.17, 15) is 0 Å². The van der Waals surface area contributed by atoms with Gasteiger partial charge in [-0.15, -0.1) is 0 Å². The van der Waals surface area contributed by atoms with Gasteiger partial charge in [0.05, 0.1) is 7.11 Å². The number of rotatable bonds is 11. The zero-order valence-corrected chi connectivity index (χ0v) is 17.5. The number of methoxy groups -OCH3 is 1. The van der Waals surface area contributed by atoms with Crippen molar-refractivity contribution in [3.8, 4) is 11.5 Å². The van der Waals surface area contributed by atoms with Crippen LogP contribution in [0.3, 0.4) is 0 Å². The number of nitrogens with zero attached hydrogens (tertiary/aromatic N) is 1. The van der Waals surface area contributed by atoms with E-state index in [4.69, 9.17) is 9.47 Å². The molecular formula is C21H29BrN2O2. The molecule has 0 heterocycles. The summed E-state index contributed by atoms with van der Waals surface area (Å²) < 4.78 is 12.5. The quantitative estimate of drug-likeness (QED) is 0.543. The lowest BCUT2D eigenvalue weighted by Gasteiger charge is -2.18. The van der Waals surface area contributed by atoms with Crippen molar-refractivity contribution in [3.05, 3.63) is 58.1 Å². The highest BCUT2D eigenvalue weighted by molar-refractivity contribution is 9.10. The second kappa shape index (κ2) is 11.2. The molecular weight excluding hydrogens is 392 g/mol. The summed E-state index contributed by atoms with van der Waals surface area (Å²) in [5, 5.41) is 3.50. The van der Waals surface area contributed by atoms with Crippen LogP contribution in [0.25, 0.3) is 0 Å². The molecule has 0 amide bonds. The van der Waals surface area contributed by atoms with E-state index in [2.05, 4.69) is 52.1 Å². The molecule has 0 saturated carbocycles. The van der Waals surface area contributed by atoms with Crippen LogP contribution in [0.2, 0.25) is 0 Å². The molecule has 142 valence electrons. The molecule has 0 unspecified atom stereocenters. The Bertz CT molecular complexity index is 661. The Labute approximate surface area is 165 Å². The number of halogens is 1. The molecule has 1 N–H and O–H groups in total.